The van der Waals surface area contributed by atoms with Crippen molar-refractivity contribution in [3.05, 3.63) is 35.6 Å². The number of piperidine rings is 1. The molecule has 128 valence electrons. The summed E-state index contributed by atoms with van der Waals surface area (Å²) >= 11 is 0. The van der Waals surface area contributed by atoms with Crippen molar-refractivity contribution in [3.8, 4) is 0 Å². The fourth-order valence-corrected chi connectivity index (χ4v) is 4.28. The average molecular weight is 343 g/mol. The first-order valence-corrected chi connectivity index (χ1v) is 9.23. The number of benzene rings is 1. The van der Waals surface area contributed by atoms with E-state index >= 15 is 0 Å². The Morgan fingerprint density at radius 2 is 2.22 bits per heavy atom. The molecule has 1 aliphatic heterocycles. The number of carbonyl (C=O) groups excluding carboxylic acids is 1. The van der Waals surface area contributed by atoms with E-state index in [0.717, 1.165) is 0 Å². The number of carbonyl (C=O) groups is 1. The number of rotatable bonds is 6. The molecule has 1 aliphatic rings. The third kappa shape index (κ3) is 4.98. The van der Waals surface area contributed by atoms with Gasteiger partial charge in [-0.3, -0.25) is 4.79 Å². The Labute approximate surface area is 135 Å². The Bertz CT molecular complexity index is 651. The van der Waals surface area contributed by atoms with E-state index < -0.39 is 15.8 Å². The minimum atomic E-state index is -3.58. The molecule has 1 aromatic carbocycles. The summed E-state index contributed by atoms with van der Waals surface area (Å²) in [5.41, 5.74) is 5.75. The van der Waals surface area contributed by atoms with Gasteiger partial charge in [-0.1, -0.05) is 12.1 Å². The lowest BCUT2D eigenvalue weighted by Crippen LogP contribution is -2.46. The zero-order chi connectivity index (χ0) is 16.9. The Hall–Kier alpha value is -1.51. The second kappa shape index (κ2) is 7.85. The van der Waals surface area contributed by atoms with Gasteiger partial charge in [0.05, 0.1) is 11.7 Å². The van der Waals surface area contributed by atoms with Gasteiger partial charge in [0.2, 0.25) is 15.9 Å². The van der Waals surface area contributed by atoms with Crippen molar-refractivity contribution in [2.45, 2.75) is 18.6 Å². The van der Waals surface area contributed by atoms with Crippen LogP contribution >= 0.6 is 0 Å². The van der Waals surface area contributed by atoms with Crippen LogP contribution in [0.15, 0.2) is 24.3 Å². The fourth-order valence-electron chi connectivity index (χ4n) is 2.68. The standard InChI is InChI=1S/C15H22FN3O3S/c16-14-5-1-3-12(9-14)11-23(21,22)19-8-2-4-13(10-19)15(20)18-7-6-17/h1,3,5,9,13H,2,4,6-8,10-11,17H2,(H,18,20). The first kappa shape index (κ1) is 17.8. The van der Waals surface area contributed by atoms with E-state index in [4.69, 9.17) is 5.73 Å². The van der Waals surface area contributed by atoms with Crippen LogP contribution in [0.3, 0.4) is 0 Å². The summed E-state index contributed by atoms with van der Waals surface area (Å²) in [5, 5.41) is 2.70. The first-order valence-electron chi connectivity index (χ1n) is 7.62. The van der Waals surface area contributed by atoms with Crippen LogP contribution < -0.4 is 11.1 Å². The highest BCUT2D eigenvalue weighted by Crippen LogP contribution is 2.21. The van der Waals surface area contributed by atoms with E-state index in [1.807, 2.05) is 0 Å². The van der Waals surface area contributed by atoms with Crippen LogP contribution in [-0.2, 0) is 20.6 Å². The number of amides is 1. The molecule has 0 bridgehead atoms. The average Bonchev–Trinajstić information content (AvgIpc) is 2.52. The Morgan fingerprint density at radius 1 is 1.43 bits per heavy atom. The van der Waals surface area contributed by atoms with Gasteiger partial charge in [0.25, 0.3) is 0 Å². The number of nitrogens with zero attached hydrogens (tertiary/aromatic N) is 1. The molecule has 1 heterocycles. The van der Waals surface area contributed by atoms with Crippen molar-refractivity contribution >= 4 is 15.9 Å². The number of nitrogens with one attached hydrogen (secondary N) is 1. The predicted molar refractivity (Wildman–Crippen MR) is 85.4 cm³/mol. The molecule has 0 aliphatic carbocycles. The highest BCUT2D eigenvalue weighted by molar-refractivity contribution is 7.88. The highest BCUT2D eigenvalue weighted by Gasteiger charge is 2.32. The molecular weight excluding hydrogens is 321 g/mol. The Morgan fingerprint density at radius 3 is 2.91 bits per heavy atom. The number of hydrogen-bond acceptors (Lipinski definition) is 4. The van der Waals surface area contributed by atoms with E-state index in [1.54, 1.807) is 6.07 Å². The van der Waals surface area contributed by atoms with Crippen molar-refractivity contribution in [1.29, 1.82) is 0 Å². The van der Waals surface area contributed by atoms with Gasteiger partial charge in [-0.15, -0.1) is 0 Å². The minimum absolute atomic E-state index is 0.161. The lowest BCUT2D eigenvalue weighted by Gasteiger charge is -2.31. The SMILES string of the molecule is NCCNC(=O)C1CCCN(S(=O)(=O)Cc2cccc(F)c2)C1. The summed E-state index contributed by atoms with van der Waals surface area (Å²) in [6, 6.07) is 5.55. The van der Waals surface area contributed by atoms with E-state index in [9.17, 15) is 17.6 Å². The third-order valence-corrected chi connectivity index (χ3v) is 5.65. The van der Waals surface area contributed by atoms with E-state index in [0.29, 0.717) is 38.0 Å². The van der Waals surface area contributed by atoms with Gasteiger partial charge >= 0.3 is 0 Å². The maximum atomic E-state index is 13.2. The van der Waals surface area contributed by atoms with E-state index in [-0.39, 0.29) is 24.1 Å². The summed E-state index contributed by atoms with van der Waals surface area (Å²) < 4.78 is 39.5. The minimum Gasteiger partial charge on any atom is -0.355 e. The molecule has 1 atom stereocenters. The van der Waals surface area contributed by atoms with Gasteiger partial charge < -0.3 is 11.1 Å². The Balaban J connectivity index is 2.03. The molecule has 0 spiro atoms. The zero-order valence-corrected chi connectivity index (χ0v) is 13.7. The second-order valence-electron chi connectivity index (χ2n) is 5.66. The van der Waals surface area contributed by atoms with Crippen LogP contribution in [0.25, 0.3) is 0 Å². The molecule has 1 unspecified atom stereocenters. The topological polar surface area (TPSA) is 92.5 Å². The lowest BCUT2D eigenvalue weighted by molar-refractivity contribution is -0.126. The van der Waals surface area contributed by atoms with Crippen LogP contribution in [0.1, 0.15) is 18.4 Å². The summed E-state index contributed by atoms with van der Waals surface area (Å²) in [5.74, 6) is -1.25. The monoisotopic (exact) mass is 343 g/mol. The molecule has 23 heavy (non-hydrogen) atoms. The van der Waals surface area contributed by atoms with E-state index in [1.165, 1.54) is 22.5 Å². The van der Waals surface area contributed by atoms with Crippen LogP contribution in [-0.4, -0.2) is 44.8 Å². The maximum absolute atomic E-state index is 13.2. The van der Waals surface area contributed by atoms with Crippen molar-refractivity contribution < 1.29 is 17.6 Å². The summed E-state index contributed by atoms with van der Waals surface area (Å²) in [6.07, 6.45) is 1.28. The fraction of sp³-hybridized carbons (Fsp3) is 0.533. The molecular formula is C15H22FN3O3S. The molecule has 0 radical (unpaired) electrons. The smallest absolute Gasteiger partial charge is 0.224 e. The number of hydrogen-bond donors (Lipinski definition) is 2. The molecule has 0 aromatic heterocycles. The molecule has 6 nitrogen and oxygen atoms in total. The van der Waals surface area contributed by atoms with Crippen LogP contribution in [0.4, 0.5) is 4.39 Å². The van der Waals surface area contributed by atoms with E-state index in [2.05, 4.69) is 5.32 Å². The first-order chi connectivity index (χ1) is 10.9. The van der Waals surface area contributed by atoms with Crippen LogP contribution in [0.5, 0.6) is 0 Å². The number of sulfonamides is 1. The molecule has 0 saturated carbocycles. The normalized spacial score (nSPS) is 19.5. The van der Waals surface area contributed by atoms with Crippen molar-refractivity contribution in [3.63, 3.8) is 0 Å². The molecule has 1 aromatic rings. The molecule has 8 heteroatoms. The third-order valence-electron chi connectivity index (χ3n) is 3.83. The lowest BCUT2D eigenvalue weighted by atomic mass is 9.99. The van der Waals surface area contributed by atoms with Crippen molar-refractivity contribution in [1.82, 2.24) is 9.62 Å². The van der Waals surface area contributed by atoms with Crippen molar-refractivity contribution in [2.75, 3.05) is 26.2 Å². The molecule has 1 amide bonds. The van der Waals surface area contributed by atoms with Crippen LogP contribution in [0.2, 0.25) is 0 Å². The van der Waals surface area contributed by atoms with Crippen LogP contribution in [0, 0.1) is 11.7 Å². The summed E-state index contributed by atoms with van der Waals surface area (Å²) in [6.45, 7) is 1.28. The van der Waals surface area contributed by atoms with Crippen molar-refractivity contribution in [2.24, 2.45) is 11.7 Å². The quantitative estimate of drug-likeness (QED) is 0.784. The van der Waals surface area contributed by atoms with Gasteiger partial charge in [0.1, 0.15) is 5.82 Å². The second-order valence-corrected chi connectivity index (χ2v) is 7.63. The molecule has 3 N–H and O–H groups in total. The number of nitrogens with two attached hydrogens (primary N) is 1. The summed E-state index contributed by atoms with van der Waals surface area (Å²) in [4.78, 5) is 12.0. The van der Waals surface area contributed by atoms with Gasteiger partial charge in [0.15, 0.2) is 0 Å². The molecule has 2 rings (SSSR count). The van der Waals surface area contributed by atoms with Gasteiger partial charge in [-0.05, 0) is 30.5 Å². The van der Waals surface area contributed by atoms with Gasteiger partial charge in [0, 0.05) is 26.2 Å². The number of halogens is 1. The molecule has 1 saturated heterocycles. The van der Waals surface area contributed by atoms with Gasteiger partial charge in [-0.25, -0.2) is 17.1 Å². The predicted octanol–water partition coefficient (Wildman–Crippen LogP) is 0.442. The Kier molecular flexibility index (Phi) is 6.09. The summed E-state index contributed by atoms with van der Waals surface area (Å²) in [7, 11) is -3.58. The molecule has 1 fully saturated rings. The zero-order valence-electron chi connectivity index (χ0n) is 12.9. The highest BCUT2D eigenvalue weighted by atomic mass is 32.2. The largest absolute Gasteiger partial charge is 0.355 e. The van der Waals surface area contributed by atoms with Gasteiger partial charge in [-0.2, -0.15) is 0 Å². The maximum Gasteiger partial charge on any atom is 0.224 e.